The Morgan fingerprint density at radius 1 is 1.15 bits per heavy atom. The van der Waals surface area contributed by atoms with E-state index in [9.17, 15) is 22.4 Å². The lowest BCUT2D eigenvalue weighted by atomic mass is 9.88. The Morgan fingerprint density at radius 2 is 1.91 bits per heavy atom. The number of halogens is 1. The quantitative estimate of drug-likeness (QED) is 0.642. The number of morpholine rings is 1. The normalized spacial score (nSPS) is 18.9. The first kappa shape index (κ1) is 23.3. The van der Waals surface area contributed by atoms with Gasteiger partial charge in [-0.1, -0.05) is 24.3 Å². The highest BCUT2D eigenvalue weighted by molar-refractivity contribution is 7.89. The van der Waals surface area contributed by atoms with E-state index >= 15 is 0 Å². The van der Waals surface area contributed by atoms with E-state index in [0.717, 1.165) is 43.0 Å². The lowest BCUT2D eigenvalue weighted by molar-refractivity contribution is -0.125. The number of carbonyl (C=O) groups excluding carboxylic acids is 2. The molecule has 0 bridgehead atoms. The van der Waals surface area contributed by atoms with Crippen molar-refractivity contribution < 1.29 is 31.9 Å². The first-order valence-electron chi connectivity index (χ1n) is 10.8. The summed E-state index contributed by atoms with van der Waals surface area (Å²) in [4.78, 5) is 24.6. The number of amides is 1. The Kier molecular flexibility index (Phi) is 7.06. The Labute approximate surface area is 191 Å². The first-order chi connectivity index (χ1) is 15.9. The van der Waals surface area contributed by atoms with Gasteiger partial charge in [-0.25, -0.2) is 17.6 Å². The number of hydrogen-bond donors (Lipinski definition) is 1. The van der Waals surface area contributed by atoms with Gasteiger partial charge in [-0.2, -0.15) is 4.31 Å². The summed E-state index contributed by atoms with van der Waals surface area (Å²) in [5.41, 5.74) is 1.67. The summed E-state index contributed by atoms with van der Waals surface area (Å²) in [6.07, 6.45) is 2.64. The second-order valence-corrected chi connectivity index (χ2v) is 9.88. The van der Waals surface area contributed by atoms with Gasteiger partial charge in [0, 0.05) is 13.1 Å². The average molecular weight is 477 g/mol. The fourth-order valence-corrected chi connectivity index (χ4v) is 5.54. The molecule has 10 heteroatoms. The van der Waals surface area contributed by atoms with Gasteiger partial charge in [0.05, 0.1) is 29.7 Å². The van der Waals surface area contributed by atoms with Gasteiger partial charge < -0.3 is 14.8 Å². The molecule has 33 heavy (non-hydrogen) atoms. The zero-order valence-corrected chi connectivity index (χ0v) is 18.8. The Morgan fingerprint density at radius 3 is 2.70 bits per heavy atom. The number of rotatable bonds is 6. The molecule has 0 unspecified atom stereocenters. The molecule has 0 radical (unpaired) electrons. The third-order valence-electron chi connectivity index (χ3n) is 5.80. The smallest absolute Gasteiger partial charge is 0.341 e. The van der Waals surface area contributed by atoms with Gasteiger partial charge in [0.1, 0.15) is 5.82 Å². The topological polar surface area (TPSA) is 102 Å². The molecule has 1 aliphatic heterocycles. The Hall–Kier alpha value is -2.82. The van der Waals surface area contributed by atoms with Crippen LogP contribution in [-0.4, -0.2) is 57.5 Å². The van der Waals surface area contributed by atoms with E-state index in [1.807, 2.05) is 24.3 Å². The number of esters is 1. The highest BCUT2D eigenvalue weighted by Gasteiger charge is 2.28. The molecule has 4 rings (SSSR count). The summed E-state index contributed by atoms with van der Waals surface area (Å²) >= 11 is 0. The van der Waals surface area contributed by atoms with Gasteiger partial charge in [-0.15, -0.1) is 0 Å². The third kappa shape index (κ3) is 5.23. The number of sulfonamides is 1. The van der Waals surface area contributed by atoms with Crippen molar-refractivity contribution >= 4 is 21.9 Å². The average Bonchev–Trinajstić information content (AvgIpc) is 2.83. The van der Waals surface area contributed by atoms with E-state index in [2.05, 4.69) is 5.32 Å². The molecule has 176 valence electrons. The van der Waals surface area contributed by atoms with Crippen LogP contribution in [0.5, 0.6) is 0 Å². The monoisotopic (exact) mass is 476 g/mol. The van der Waals surface area contributed by atoms with E-state index in [-0.39, 0.29) is 37.2 Å². The lowest BCUT2D eigenvalue weighted by Gasteiger charge is -2.26. The van der Waals surface area contributed by atoms with Crippen molar-refractivity contribution in [3.05, 3.63) is 65.0 Å². The van der Waals surface area contributed by atoms with Gasteiger partial charge in [-0.3, -0.25) is 4.79 Å². The molecule has 0 aromatic heterocycles. The molecule has 2 aromatic rings. The van der Waals surface area contributed by atoms with Gasteiger partial charge in [-0.05, 0) is 48.6 Å². The van der Waals surface area contributed by atoms with Gasteiger partial charge in [0.25, 0.3) is 5.91 Å². The van der Waals surface area contributed by atoms with Crippen LogP contribution in [0.4, 0.5) is 4.39 Å². The molecule has 1 fully saturated rings. The van der Waals surface area contributed by atoms with Crippen molar-refractivity contribution in [2.75, 3.05) is 32.9 Å². The van der Waals surface area contributed by atoms with Crippen LogP contribution in [0.3, 0.4) is 0 Å². The molecule has 1 aliphatic carbocycles. The summed E-state index contributed by atoms with van der Waals surface area (Å²) in [5.74, 6) is -2.55. The predicted molar refractivity (Wildman–Crippen MR) is 117 cm³/mol. The fraction of sp³-hybridized carbons (Fsp3) is 0.391. The molecule has 1 heterocycles. The second kappa shape index (κ2) is 9.98. The number of nitrogens with zero attached hydrogens (tertiary/aromatic N) is 1. The maximum Gasteiger partial charge on any atom is 0.341 e. The molecule has 2 aliphatic rings. The Balaban J connectivity index is 1.40. The zero-order valence-electron chi connectivity index (χ0n) is 18.0. The Bertz CT molecular complexity index is 1150. The number of aryl methyl sites for hydroxylation is 1. The van der Waals surface area contributed by atoms with Crippen LogP contribution in [0.15, 0.2) is 47.4 Å². The second-order valence-electron chi connectivity index (χ2n) is 7.95. The molecule has 8 nitrogen and oxygen atoms in total. The number of hydrogen-bond acceptors (Lipinski definition) is 6. The van der Waals surface area contributed by atoms with Gasteiger partial charge >= 0.3 is 5.97 Å². The number of fused-ring (bicyclic) bond motifs is 1. The van der Waals surface area contributed by atoms with Crippen LogP contribution >= 0.6 is 0 Å². The van der Waals surface area contributed by atoms with Crippen molar-refractivity contribution in [1.82, 2.24) is 9.62 Å². The van der Waals surface area contributed by atoms with E-state index in [0.29, 0.717) is 0 Å². The van der Waals surface area contributed by atoms with Crippen molar-refractivity contribution in [2.24, 2.45) is 0 Å². The minimum Gasteiger partial charge on any atom is -0.452 e. The third-order valence-corrected chi connectivity index (χ3v) is 7.70. The summed E-state index contributed by atoms with van der Waals surface area (Å²) < 4.78 is 51.2. The molecule has 1 saturated heterocycles. The number of carbonyl (C=O) groups is 2. The van der Waals surface area contributed by atoms with E-state index in [4.69, 9.17) is 9.47 Å². The van der Waals surface area contributed by atoms with Crippen molar-refractivity contribution in [3.8, 4) is 0 Å². The minimum absolute atomic E-state index is 0.171. The molecule has 1 N–H and O–H groups in total. The van der Waals surface area contributed by atoms with Crippen LogP contribution in [-0.2, 0) is 30.7 Å². The number of nitrogens with one attached hydrogen (secondary N) is 1. The van der Waals surface area contributed by atoms with Crippen molar-refractivity contribution in [3.63, 3.8) is 0 Å². The molecule has 0 spiro atoms. The summed E-state index contributed by atoms with van der Waals surface area (Å²) in [6, 6.07) is 10.6. The molecule has 2 aromatic carbocycles. The van der Waals surface area contributed by atoms with E-state index in [1.165, 1.54) is 9.87 Å². The van der Waals surface area contributed by atoms with Gasteiger partial charge in [0.2, 0.25) is 10.0 Å². The molecule has 1 atom stereocenters. The van der Waals surface area contributed by atoms with Crippen LogP contribution in [0.1, 0.15) is 40.4 Å². The molecule has 1 amide bonds. The van der Waals surface area contributed by atoms with Crippen LogP contribution in [0.25, 0.3) is 0 Å². The van der Waals surface area contributed by atoms with Crippen molar-refractivity contribution in [1.29, 1.82) is 0 Å². The van der Waals surface area contributed by atoms with Crippen LogP contribution in [0.2, 0.25) is 0 Å². The molecule has 0 saturated carbocycles. The SMILES string of the molecule is O=C(COC(=O)c1cc(S(=O)(=O)N2CCOCC2)ccc1F)N[C@@H]1CCCc2ccccc21. The summed E-state index contributed by atoms with van der Waals surface area (Å²) in [6.45, 7) is 0.261. The summed E-state index contributed by atoms with van der Waals surface area (Å²) in [5, 5.41) is 2.85. The van der Waals surface area contributed by atoms with Crippen LogP contribution in [0, 0.1) is 5.82 Å². The lowest BCUT2D eigenvalue weighted by Crippen LogP contribution is -2.40. The van der Waals surface area contributed by atoms with E-state index in [1.54, 1.807) is 0 Å². The zero-order chi connectivity index (χ0) is 23.4. The number of benzene rings is 2. The first-order valence-corrected chi connectivity index (χ1v) is 12.2. The van der Waals surface area contributed by atoms with Crippen LogP contribution < -0.4 is 5.32 Å². The van der Waals surface area contributed by atoms with E-state index < -0.39 is 39.9 Å². The fourth-order valence-electron chi connectivity index (χ4n) is 4.11. The van der Waals surface area contributed by atoms with Crippen molar-refractivity contribution in [2.45, 2.75) is 30.2 Å². The maximum atomic E-state index is 14.3. The predicted octanol–water partition coefficient (Wildman–Crippen LogP) is 2.20. The molecular weight excluding hydrogens is 451 g/mol. The summed E-state index contributed by atoms with van der Waals surface area (Å²) in [7, 11) is -3.91. The van der Waals surface area contributed by atoms with Gasteiger partial charge in [0.15, 0.2) is 6.61 Å². The number of ether oxygens (including phenoxy) is 2. The highest BCUT2D eigenvalue weighted by atomic mass is 32.2. The largest absolute Gasteiger partial charge is 0.452 e. The minimum atomic E-state index is -3.91. The highest BCUT2D eigenvalue weighted by Crippen LogP contribution is 2.29. The maximum absolute atomic E-state index is 14.3. The molecular formula is C23H25FN2O6S. The standard InChI is InChI=1S/C23H25FN2O6S/c24-20-9-8-17(33(29,30)26-10-12-31-13-11-26)14-19(20)23(28)32-15-22(27)25-21-7-3-5-16-4-1-2-6-18(16)21/h1-2,4,6,8-9,14,21H,3,5,7,10-13,15H2,(H,25,27)/t21-/m1/s1.